The molecule has 0 aliphatic carbocycles. The van der Waals surface area contributed by atoms with Crippen LogP contribution in [0.5, 0.6) is 0 Å². The molecule has 0 bridgehead atoms. The number of carbonyl (C=O) groups excluding carboxylic acids is 1. The quantitative estimate of drug-likeness (QED) is 0.162. The molecule has 1 amide bonds. The first-order chi connectivity index (χ1) is 31.4. The van der Waals surface area contributed by atoms with Gasteiger partial charge in [-0.05, 0) is 108 Å². The van der Waals surface area contributed by atoms with Crippen LogP contribution in [0.4, 0.5) is 12.0 Å². The number of aryl methyl sites for hydroxylation is 3. The summed E-state index contributed by atoms with van der Waals surface area (Å²) in [6, 6.07) is 24.4. The average Bonchev–Trinajstić information content (AvgIpc) is 4.12. The molecule has 4 aromatic heterocycles. The Labute approximate surface area is 388 Å². The van der Waals surface area contributed by atoms with Crippen LogP contribution in [0.3, 0.4) is 0 Å². The van der Waals surface area contributed by atoms with E-state index in [4.69, 9.17) is 25.5 Å². The molecule has 0 saturated carbocycles. The average molecular weight is 915 g/mol. The fourth-order valence-electron chi connectivity index (χ4n) is 7.76. The highest BCUT2D eigenvalue weighted by Gasteiger charge is 2.29. The number of fused-ring (bicyclic) bond motifs is 2. The maximum atomic E-state index is 13.6. The van der Waals surface area contributed by atoms with Crippen LogP contribution in [-0.4, -0.2) is 113 Å². The first-order valence-electron chi connectivity index (χ1n) is 21.6. The number of anilines is 2. The van der Waals surface area contributed by atoms with Crippen molar-refractivity contribution in [2.24, 2.45) is 0 Å². The Bertz CT molecular complexity index is 2900. The number of carbonyl (C=O) groups is 2. The normalized spacial score (nSPS) is 16.4. The van der Waals surface area contributed by atoms with Gasteiger partial charge in [0.1, 0.15) is 16.7 Å². The molecule has 2 fully saturated rings. The minimum atomic E-state index is -0.981. The van der Waals surface area contributed by atoms with Gasteiger partial charge in [-0.25, -0.2) is 4.79 Å². The summed E-state index contributed by atoms with van der Waals surface area (Å²) in [5, 5.41) is 29.4. The number of aromatic nitrogens is 8. The number of nitrogens with zero attached hydrogens (tertiary/aromatic N) is 11. The predicted molar refractivity (Wildman–Crippen MR) is 255 cm³/mol. The van der Waals surface area contributed by atoms with E-state index >= 15 is 0 Å². The van der Waals surface area contributed by atoms with Gasteiger partial charge in [-0.15, -0.1) is 0 Å². The number of carboxylic acid groups (broad SMARTS) is 1. The van der Waals surface area contributed by atoms with Gasteiger partial charge in [-0.2, -0.15) is 40.0 Å². The third-order valence-electron chi connectivity index (χ3n) is 11.4. The van der Waals surface area contributed by atoms with E-state index < -0.39 is 5.97 Å². The second-order valence-electron chi connectivity index (χ2n) is 16.3. The van der Waals surface area contributed by atoms with Crippen LogP contribution in [0.15, 0.2) is 106 Å². The monoisotopic (exact) mass is 914 g/mol. The van der Waals surface area contributed by atoms with Crippen LogP contribution >= 0.6 is 11.6 Å². The summed E-state index contributed by atoms with van der Waals surface area (Å²) in [6.45, 7) is 15.1. The van der Waals surface area contributed by atoms with Crippen molar-refractivity contribution >= 4 is 57.7 Å². The molecule has 10 rings (SSSR count). The Morgan fingerprint density at radius 1 is 0.652 bits per heavy atom. The van der Waals surface area contributed by atoms with Crippen molar-refractivity contribution in [1.29, 1.82) is 0 Å². The number of carboxylic acids is 1. The van der Waals surface area contributed by atoms with Crippen molar-refractivity contribution in [1.82, 2.24) is 50.2 Å². The molecule has 344 valence electrons. The van der Waals surface area contributed by atoms with Gasteiger partial charge in [0.2, 0.25) is 0 Å². The van der Waals surface area contributed by atoms with Crippen molar-refractivity contribution in [2.75, 3.05) is 49.1 Å². The molecule has 17 nitrogen and oxygen atoms in total. The summed E-state index contributed by atoms with van der Waals surface area (Å²) in [5.41, 5.74) is 8.32. The van der Waals surface area contributed by atoms with E-state index in [1.807, 2.05) is 55.1 Å². The standard InChI is InChI=1S/C23H23ClN6O2.C14H19N3O.C10H9N3O2.CH4/c1-15-3-5-20(30-25-8-9-26-30)18(13-15)22(31)29-12-11-28(10-7-16(29)2)23-27-19-14-17(24)4-6-21(19)32-23;1-10-3-4-13-12(9-10)16-14(18-13)17-7-5-11(2)15-6-8-17;1-7-2-3-9(8(6-7)10(14)15)13-11-4-5-12-13;/h3-6,8-9,13-14,16H,7,10-12H2,1-2H3;3-4,9,11,15H,5-8H2,1-2H3;2-6H,1H3,(H,14,15);1H4/t16-;11-;;/m11../s1. The Hall–Kier alpha value is -7.11. The van der Waals surface area contributed by atoms with Crippen LogP contribution in [0.25, 0.3) is 33.6 Å². The molecule has 0 spiro atoms. The van der Waals surface area contributed by atoms with Gasteiger partial charge in [-0.3, -0.25) is 4.79 Å². The second-order valence-corrected chi connectivity index (χ2v) is 16.8. The highest BCUT2D eigenvalue weighted by molar-refractivity contribution is 6.31. The molecule has 4 aromatic carbocycles. The predicted octanol–water partition coefficient (Wildman–Crippen LogP) is 8.35. The minimum absolute atomic E-state index is 0. The summed E-state index contributed by atoms with van der Waals surface area (Å²) in [7, 11) is 0. The molecule has 0 unspecified atom stereocenters. The third-order valence-corrected chi connectivity index (χ3v) is 11.6. The number of hydrogen-bond donors (Lipinski definition) is 2. The summed E-state index contributed by atoms with van der Waals surface area (Å²) >= 11 is 6.08. The summed E-state index contributed by atoms with van der Waals surface area (Å²) in [4.78, 5) is 42.9. The number of hydrogen-bond acceptors (Lipinski definition) is 13. The molecule has 18 heteroatoms. The highest BCUT2D eigenvalue weighted by Crippen LogP contribution is 2.28. The lowest BCUT2D eigenvalue weighted by molar-refractivity contribution is 0.0690. The fourth-order valence-corrected chi connectivity index (χ4v) is 7.93. The Balaban J connectivity index is 0.000000161. The van der Waals surface area contributed by atoms with Crippen molar-refractivity contribution in [3.05, 3.63) is 130 Å². The van der Waals surface area contributed by atoms with Crippen molar-refractivity contribution in [3.63, 3.8) is 0 Å². The fraction of sp³-hybridized carbons (Fsp3) is 0.333. The van der Waals surface area contributed by atoms with Gasteiger partial charge in [-0.1, -0.05) is 48.4 Å². The van der Waals surface area contributed by atoms with Crippen molar-refractivity contribution < 1.29 is 23.5 Å². The number of oxazole rings is 2. The van der Waals surface area contributed by atoms with Gasteiger partial charge in [0.25, 0.3) is 17.9 Å². The molecule has 6 heterocycles. The van der Waals surface area contributed by atoms with E-state index in [1.165, 1.54) is 27.6 Å². The van der Waals surface area contributed by atoms with E-state index in [9.17, 15) is 9.59 Å². The maximum Gasteiger partial charge on any atom is 0.337 e. The molecule has 2 saturated heterocycles. The van der Waals surface area contributed by atoms with Crippen LogP contribution in [0.2, 0.25) is 5.02 Å². The van der Waals surface area contributed by atoms with Gasteiger partial charge in [0.15, 0.2) is 11.2 Å². The summed E-state index contributed by atoms with van der Waals surface area (Å²) < 4.78 is 11.8. The second kappa shape index (κ2) is 20.8. The van der Waals surface area contributed by atoms with Gasteiger partial charge in [0.05, 0.1) is 41.6 Å². The van der Waals surface area contributed by atoms with E-state index in [2.05, 4.69) is 78.4 Å². The van der Waals surface area contributed by atoms with E-state index in [0.717, 1.165) is 72.8 Å². The topological polar surface area (TPSA) is 190 Å². The molecule has 2 aliphatic rings. The molecule has 0 radical (unpaired) electrons. The lowest BCUT2D eigenvalue weighted by Crippen LogP contribution is -2.40. The Kier molecular flexibility index (Phi) is 14.8. The smallest absolute Gasteiger partial charge is 0.337 e. The summed E-state index contributed by atoms with van der Waals surface area (Å²) in [5.74, 6) is -1.01. The van der Waals surface area contributed by atoms with E-state index in [-0.39, 0.29) is 24.9 Å². The lowest BCUT2D eigenvalue weighted by Gasteiger charge is -2.27. The Morgan fingerprint density at radius 2 is 1.17 bits per heavy atom. The molecular weight excluding hydrogens is 860 g/mol. The van der Waals surface area contributed by atoms with Gasteiger partial charge < -0.3 is 34.0 Å². The largest absolute Gasteiger partial charge is 0.478 e. The van der Waals surface area contributed by atoms with Gasteiger partial charge in [0, 0.05) is 56.4 Å². The molecule has 2 aliphatic heterocycles. The van der Waals surface area contributed by atoms with Crippen molar-refractivity contribution in [3.8, 4) is 11.4 Å². The molecular formula is C48H55ClN12O5. The molecule has 66 heavy (non-hydrogen) atoms. The number of nitrogens with one attached hydrogen (secondary N) is 1. The molecule has 2 N–H and O–H groups in total. The maximum absolute atomic E-state index is 13.6. The Morgan fingerprint density at radius 3 is 1.79 bits per heavy atom. The van der Waals surface area contributed by atoms with Crippen LogP contribution in [0, 0.1) is 20.8 Å². The molecule has 2 atom stereocenters. The number of aromatic carboxylic acids is 1. The first kappa shape index (κ1) is 46.9. The molecule has 8 aromatic rings. The summed E-state index contributed by atoms with van der Waals surface area (Å²) in [6.07, 6.45) is 8.14. The number of rotatable bonds is 6. The number of benzene rings is 4. The SMILES string of the molecule is C.Cc1ccc(-n2nccn2)c(C(=O)N2CCN(c3nc4cc(Cl)ccc4o3)CC[C@H]2C)c1.Cc1ccc(-n2nccn2)c(C(=O)O)c1.Cc1ccc2oc(N3CCN[C@H](C)CC3)nc2c1. The lowest BCUT2D eigenvalue weighted by atomic mass is 10.1. The number of amides is 1. The van der Waals surface area contributed by atoms with Gasteiger partial charge >= 0.3 is 5.97 Å². The van der Waals surface area contributed by atoms with Crippen LogP contribution in [0.1, 0.15) is 71.5 Å². The number of halogens is 1. The zero-order valence-electron chi connectivity index (χ0n) is 36.9. The zero-order chi connectivity index (χ0) is 45.6. The van der Waals surface area contributed by atoms with Crippen molar-refractivity contribution in [2.45, 2.75) is 67.0 Å². The van der Waals surface area contributed by atoms with E-state index in [0.29, 0.717) is 52.7 Å². The van der Waals surface area contributed by atoms with E-state index in [1.54, 1.807) is 36.7 Å². The highest BCUT2D eigenvalue weighted by atomic mass is 35.5. The third kappa shape index (κ3) is 10.9. The minimum Gasteiger partial charge on any atom is -0.478 e. The van der Waals surface area contributed by atoms with Crippen LogP contribution in [-0.2, 0) is 0 Å². The first-order valence-corrected chi connectivity index (χ1v) is 21.9. The zero-order valence-corrected chi connectivity index (χ0v) is 37.7. The van der Waals surface area contributed by atoms with Crippen LogP contribution < -0.4 is 15.1 Å².